The molecule has 0 aliphatic carbocycles. The van der Waals surface area contributed by atoms with Gasteiger partial charge in [0.05, 0.1) is 6.61 Å². The molecule has 1 unspecified atom stereocenters. The third-order valence-corrected chi connectivity index (χ3v) is 3.98. The number of ether oxygens (including phenoxy) is 2. The van der Waals surface area contributed by atoms with Crippen LogP contribution < -0.4 is 5.32 Å². The number of carbonyl (C=O) groups excluding carboxylic acids is 2. The zero-order valence-corrected chi connectivity index (χ0v) is 16.4. The van der Waals surface area contributed by atoms with Gasteiger partial charge < -0.3 is 19.2 Å². The number of esters is 1. The summed E-state index contributed by atoms with van der Waals surface area (Å²) in [5, 5.41) is 10.9. The van der Waals surface area contributed by atoms with Crippen molar-refractivity contribution in [2.45, 2.75) is 64.8 Å². The minimum atomic E-state index is -0.598. The fourth-order valence-electron chi connectivity index (χ4n) is 1.85. The van der Waals surface area contributed by atoms with E-state index in [2.05, 4.69) is 15.5 Å². The first kappa shape index (κ1) is 21.3. The minimum Gasteiger partial charge on any atom is -0.465 e. The van der Waals surface area contributed by atoms with Gasteiger partial charge >= 0.3 is 12.1 Å². The first-order chi connectivity index (χ1) is 11.7. The molecule has 0 aliphatic heterocycles. The highest BCUT2D eigenvalue weighted by Gasteiger charge is 2.28. The molecule has 0 saturated heterocycles. The summed E-state index contributed by atoms with van der Waals surface area (Å²) >= 11 is 1.10. The van der Waals surface area contributed by atoms with Gasteiger partial charge in [-0.05, 0) is 33.6 Å². The molecule has 2 atom stereocenters. The lowest BCUT2D eigenvalue weighted by atomic mass is 9.99. The molecule has 9 heteroatoms. The van der Waals surface area contributed by atoms with Gasteiger partial charge in [-0.15, -0.1) is 10.2 Å². The van der Waals surface area contributed by atoms with Crippen LogP contribution in [0.3, 0.4) is 0 Å². The van der Waals surface area contributed by atoms with Crippen LogP contribution in [0.15, 0.2) is 9.64 Å². The lowest BCUT2D eigenvalue weighted by Gasteiger charge is -2.24. The smallest absolute Gasteiger partial charge is 0.408 e. The van der Waals surface area contributed by atoms with Crippen molar-refractivity contribution in [2.75, 3.05) is 12.4 Å². The summed E-state index contributed by atoms with van der Waals surface area (Å²) in [4.78, 5) is 23.5. The quantitative estimate of drug-likeness (QED) is 0.546. The molecule has 1 amide bonds. The highest BCUT2D eigenvalue weighted by atomic mass is 32.2. The normalized spacial score (nSPS) is 13.8. The summed E-state index contributed by atoms with van der Waals surface area (Å²) in [6.07, 6.45) is 0.255. The van der Waals surface area contributed by atoms with E-state index in [-0.39, 0.29) is 28.8 Å². The Balaban J connectivity index is 2.76. The largest absolute Gasteiger partial charge is 0.465 e. The minimum absolute atomic E-state index is 0.0656. The van der Waals surface area contributed by atoms with Crippen molar-refractivity contribution in [2.24, 2.45) is 5.92 Å². The van der Waals surface area contributed by atoms with E-state index in [9.17, 15) is 9.59 Å². The lowest BCUT2D eigenvalue weighted by Crippen LogP contribution is -2.37. The molecule has 1 rings (SSSR count). The van der Waals surface area contributed by atoms with Crippen LogP contribution in [0.5, 0.6) is 0 Å². The van der Waals surface area contributed by atoms with Crippen molar-refractivity contribution < 1.29 is 23.5 Å². The number of carbonyl (C=O) groups is 2. The van der Waals surface area contributed by atoms with Crippen LogP contribution >= 0.6 is 11.8 Å². The summed E-state index contributed by atoms with van der Waals surface area (Å²) in [5.41, 5.74) is -0.598. The Morgan fingerprint density at radius 1 is 1.28 bits per heavy atom. The van der Waals surface area contributed by atoms with Gasteiger partial charge in [0.25, 0.3) is 5.22 Å². The van der Waals surface area contributed by atoms with E-state index in [1.165, 1.54) is 0 Å². The Morgan fingerprint density at radius 2 is 1.96 bits per heavy atom. The molecule has 0 fully saturated rings. The van der Waals surface area contributed by atoms with Gasteiger partial charge in [0, 0.05) is 0 Å². The number of nitrogens with one attached hydrogen (secondary N) is 1. The van der Waals surface area contributed by atoms with E-state index >= 15 is 0 Å². The van der Waals surface area contributed by atoms with Gasteiger partial charge in [0.15, 0.2) is 0 Å². The van der Waals surface area contributed by atoms with Crippen LogP contribution in [-0.4, -0.2) is 40.2 Å². The molecule has 0 radical (unpaired) electrons. The van der Waals surface area contributed by atoms with Crippen LogP contribution in [-0.2, 0) is 14.3 Å². The molecular weight excluding hydrogens is 346 g/mol. The van der Waals surface area contributed by atoms with E-state index in [0.29, 0.717) is 6.61 Å². The number of hydrogen-bond donors (Lipinski definition) is 1. The highest BCUT2D eigenvalue weighted by Crippen LogP contribution is 2.26. The number of thioether (sulfide) groups is 1. The van der Waals surface area contributed by atoms with Crippen molar-refractivity contribution in [3.63, 3.8) is 0 Å². The van der Waals surface area contributed by atoms with Gasteiger partial charge in [-0.3, -0.25) is 4.79 Å². The standard InChI is InChI=1S/C16H27N3O5S/c1-7-10(3)12(17-14(21)24-16(4,5)6)13-18-19-15(23-13)25-9-11(20)22-8-2/h10,12H,7-9H2,1-6H3,(H,17,21)/t10?,12-/m0/s1. The Kier molecular flexibility index (Phi) is 8.21. The van der Waals surface area contributed by atoms with E-state index < -0.39 is 17.7 Å². The molecule has 0 spiro atoms. The zero-order chi connectivity index (χ0) is 19.0. The average Bonchev–Trinajstić information content (AvgIpc) is 2.97. The Bertz CT molecular complexity index is 570. The molecule has 1 heterocycles. The summed E-state index contributed by atoms with van der Waals surface area (Å²) in [6.45, 7) is 11.4. The molecule has 1 aromatic rings. The number of nitrogens with zero attached hydrogens (tertiary/aromatic N) is 2. The third-order valence-electron chi connectivity index (χ3n) is 3.19. The van der Waals surface area contributed by atoms with Crippen LogP contribution in [0.1, 0.15) is 59.9 Å². The average molecular weight is 373 g/mol. The highest BCUT2D eigenvalue weighted by molar-refractivity contribution is 7.99. The molecule has 142 valence electrons. The van der Waals surface area contributed by atoms with Gasteiger partial charge in [-0.2, -0.15) is 0 Å². The summed E-state index contributed by atoms with van der Waals surface area (Å²) in [6, 6.07) is -0.468. The van der Waals surface area contributed by atoms with E-state index in [1.807, 2.05) is 13.8 Å². The van der Waals surface area contributed by atoms with Crippen molar-refractivity contribution in [1.82, 2.24) is 15.5 Å². The Labute approximate surface area is 152 Å². The van der Waals surface area contributed by atoms with E-state index in [1.54, 1.807) is 27.7 Å². The molecular formula is C16H27N3O5S. The van der Waals surface area contributed by atoms with Crippen molar-refractivity contribution in [1.29, 1.82) is 0 Å². The third kappa shape index (κ3) is 7.76. The van der Waals surface area contributed by atoms with Crippen LogP contribution in [0.4, 0.5) is 4.79 Å². The number of aromatic nitrogens is 2. The second kappa shape index (κ2) is 9.65. The van der Waals surface area contributed by atoms with Gasteiger partial charge in [0.2, 0.25) is 5.89 Å². The van der Waals surface area contributed by atoms with Crippen LogP contribution in [0, 0.1) is 5.92 Å². The van der Waals surface area contributed by atoms with Crippen molar-refractivity contribution >= 4 is 23.8 Å². The molecule has 0 aliphatic rings. The van der Waals surface area contributed by atoms with Crippen LogP contribution in [0.2, 0.25) is 0 Å². The molecule has 25 heavy (non-hydrogen) atoms. The van der Waals surface area contributed by atoms with Crippen molar-refractivity contribution in [3.05, 3.63) is 5.89 Å². The summed E-state index contributed by atoms with van der Waals surface area (Å²) in [5.74, 6) is 0.0863. The first-order valence-corrected chi connectivity index (χ1v) is 9.26. The zero-order valence-electron chi connectivity index (χ0n) is 15.6. The molecule has 0 saturated carbocycles. The van der Waals surface area contributed by atoms with E-state index in [0.717, 1.165) is 18.2 Å². The molecule has 8 nitrogen and oxygen atoms in total. The van der Waals surface area contributed by atoms with Gasteiger partial charge in [-0.25, -0.2) is 4.79 Å². The monoisotopic (exact) mass is 373 g/mol. The second-order valence-electron chi connectivity index (χ2n) is 6.51. The van der Waals surface area contributed by atoms with E-state index in [4.69, 9.17) is 13.9 Å². The number of amides is 1. The lowest BCUT2D eigenvalue weighted by molar-refractivity contribution is -0.139. The predicted molar refractivity (Wildman–Crippen MR) is 93.2 cm³/mol. The topological polar surface area (TPSA) is 104 Å². The van der Waals surface area contributed by atoms with Gasteiger partial charge in [-0.1, -0.05) is 32.0 Å². The van der Waals surface area contributed by atoms with Crippen LogP contribution in [0.25, 0.3) is 0 Å². The molecule has 0 aromatic carbocycles. The number of alkyl carbamates (subject to hydrolysis) is 1. The molecule has 0 bridgehead atoms. The Morgan fingerprint density at radius 3 is 2.52 bits per heavy atom. The van der Waals surface area contributed by atoms with Crippen molar-refractivity contribution in [3.8, 4) is 0 Å². The number of hydrogen-bond acceptors (Lipinski definition) is 8. The molecule has 1 aromatic heterocycles. The second-order valence-corrected chi connectivity index (χ2v) is 7.44. The fraction of sp³-hybridized carbons (Fsp3) is 0.750. The summed E-state index contributed by atoms with van der Waals surface area (Å²) < 4.78 is 15.7. The maximum atomic E-state index is 12.1. The maximum Gasteiger partial charge on any atom is 0.408 e. The summed E-state index contributed by atoms with van der Waals surface area (Å²) in [7, 11) is 0. The Hall–Kier alpha value is -1.77. The number of rotatable bonds is 8. The van der Waals surface area contributed by atoms with Gasteiger partial charge in [0.1, 0.15) is 17.4 Å². The first-order valence-electron chi connectivity index (χ1n) is 8.27. The SMILES string of the molecule is CCOC(=O)CSc1nnc([C@@H](NC(=O)OC(C)(C)C)C(C)CC)o1. The molecule has 1 N–H and O–H groups in total. The maximum absolute atomic E-state index is 12.1. The fourth-order valence-corrected chi connectivity index (χ4v) is 2.41. The predicted octanol–water partition coefficient (Wildman–Crippen LogP) is 3.34.